The maximum Gasteiger partial charge on any atom is 0.322 e. The Labute approximate surface area is 115 Å². The van der Waals surface area contributed by atoms with Gasteiger partial charge in [0.05, 0.1) is 12.6 Å². The standard InChI is InChI=1S/C10H19N3O5S/c1-19-3-2-6(11)9(17)13-7(5-14)10(18)12-4-8(15)16/h6-7,14H,2-5,11H2,1H3,(H,12,18)(H,13,17)(H,15,16)/t6-,7-/m0/s1. The van der Waals surface area contributed by atoms with E-state index in [1.807, 2.05) is 6.26 Å². The van der Waals surface area contributed by atoms with Crippen LogP contribution in [0.2, 0.25) is 0 Å². The van der Waals surface area contributed by atoms with Gasteiger partial charge in [-0.1, -0.05) is 0 Å². The fraction of sp³-hybridized carbons (Fsp3) is 0.700. The van der Waals surface area contributed by atoms with E-state index in [4.69, 9.17) is 15.9 Å². The molecule has 0 aliphatic heterocycles. The zero-order valence-corrected chi connectivity index (χ0v) is 11.4. The maximum absolute atomic E-state index is 11.6. The highest BCUT2D eigenvalue weighted by molar-refractivity contribution is 7.98. The van der Waals surface area contributed by atoms with Gasteiger partial charge in [-0.25, -0.2) is 0 Å². The number of amides is 2. The first-order valence-electron chi connectivity index (χ1n) is 5.57. The summed E-state index contributed by atoms with van der Waals surface area (Å²) < 4.78 is 0. The third-order valence-corrected chi connectivity index (χ3v) is 2.84. The number of carbonyl (C=O) groups is 3. The van der Waals surface area contributed by atoms with Gasteiger partial charge < -0.3 is 26.6 Å². The van der Waals surface area contributed by atoms with E-state index < -0.39 is 43.0 Å². The number of carboxylic acid groups (broad SMARTS) is 1. The molecule has 0 fully saturated rings. The van der Waals surface area contributed by atoms with Crippen molar-refractivity contribution >= 4 is 29.5 Å². The van der Waals surface area contributed by atoms with Crippen LogP contribution in [-0.4, -0.2) is 65.2 Å². The van der Waals surface area contributed by atoms with Crippen molar-refractivity contribution in [1.29, 1.82) is 0 Å². The molecule has 0 aliphatic carbocycles. The summed E-state index contributed by atoms with van der Waals surface area (Å²) in [7, 11) is 0. The lowest BCUT2D eigenvalue weighted by Crippen LogP contribution is -2.53. The minimum Gasteiger partial charge on any atom is -0.480 e. The van der Waals surface area contributed by atoms with Crippen molar-refractivity contribution in [3.63, 3.8) is 0 Å². The SMILES string of the molecule is CSCC[C@H](N)C(=O)N[C@@H](CO)C(=O)NCC(=O)O. The van der Waals surface area contributed by atoms with E-state index in [1.54, 1.807) is 0 Å². The monoisotopic (exact) mass is 293 g/mol. The summed E-state index contributed by atoms with van der Waals surface area (Å²) in [5, 5.41) is 21.7. The molecule has 8 nitrogen and oxygen atoms in total. The van der Waals surface area contributed by atoms with Crippen LogP contribution < -0.4 is 16.4 Å². The number of carboxylic acids is 1. The molecule has 0 aromatic rings. The quantitative estimate of drug-likeness (QED) is 0.323. The van der Waals surface area contributed by atoms with Crippen LogP contribution in [0.15, 0.2) is 0 Å². The van der Waals surface area contributed by atoms with Gasteiger partial charge in [-0.15, -0.1) is 0 Å². The van der Waals surface area contributed by atoms with Crippen LogP contribution in [0.25, 0.3) is 0 Å². The molecule has 0 saturated heterocycles. The second-order valence-corrected chi connectivity index (χ2v) is 4.73. The van der Waals surface area contributed by atoms with Crippen molar-refractivity contribution < 1.29 is 24.6 Å². The molecular weight excluding hydrogens is 274 g/mol. The molecule has 0 radical (unpaired) electrons. The van der Waals surface area contributed by atoms with Gasteiger partial charge in [0, 0.05) is 0 Å². The second kappa shape index (κ2) is 9.59. The van der Waals surface area contributed by atoms with Crippen molar-refractivity contribution in [2.24, 2.45) is 5.73 Å². The number of aliphatic hydroxyl groups excluding tert-OH is 1. The summed E-state index contributed by atoms with van der Waals surface area (Å²) in [6.07, 6.45) is 2.32. The molecule has 0 rings (SSSR count). The molecule has 110 valence electrons. The van der Waals surface area contributed by atoms with Gasteiger partial charge >= 0.3 is 5.97 Å². The third kappa shape index (κ3) is 7.65. The normalized spacial score (nSPS) is 13.4. The summed E-state index contributed by atoms with van der Waals surface area (Å²) in [6.45, 7) is -1.21. The Balaban J connectivity index is 4.26. The molecule has 0 unspecified atom stereocenters. The van der Waals surface area contributed by atoms with Gasteiger partial charge in [0.2, 0.25) is 11.8 Å². The Morgan fingerprint density at radius 1 is 1.32 bits per heavy atom. The lowest BCUT2D eigenvalue weighted by molar-refractivity contribution is -0.138. The molecule has 2 amide bonds. The topological polar surface area (TPSA) is 142 Å². The van der Waals surface area contributed by atoms with Crippen molar-refractivity contribution in [1.82, 2.24) is 10.6 Å². The lowest BCUT2D eigenvalue weighted by Gasteiger charge is -2.18. The Morgan fingerprint density at radius 3 is 2.42 bits per heavy atom. The van der Waals surface area contributed by atoms with Gasteiger partial charge in [-0.05, 0) is 18.4 Å². The Hall–Kier alpha value is -1.32. The molecule has 0 saturated carbocycles. The van der Waals surface area contributed by atoms with E-state index in [-0.39, 0.29) is 0 Å². The summed E-state index contributed by atoms with van der Waals surface area (Å²) in [6, 6.07) is -1.97. The summed E-state index contributed by atoms with van der Waals surface area (Å²) in [5.74, 6) is -1.84. The van der Waals surface area contributed by atoms with E-state index in [0.717, 1.165) is 0 Å². The summed E-state index contributed by atoms with van der Waals surface area (Å²) in [5.41, 5.74) is 5.60. The van der Waals surface area contributed by atoms with Crippen LogP contribution in [0.4, 0.5) is 0 Å². The fourth-order valence-corrected chi connectivity index (χ4v) is 1.62. The van der Waals surface area contributed by atoms with Gasteiger partial charge in [0.15, 0.2) is 0 Å². The minimum absolute atomic E-state index is 0.446. The molecule has 0 bridgehead atoms. The Morgan fingerprint density at radius 2 is 1.95 bits per heavy atom. The zero-order valence-electron chi connectivity index (χ0n) is 10.6. The molecule has 9 heteroatoms. The summed E-state index contributed by atoms with van der Waals surface area (Å²) >= 11 is 1.54. The second-order valence-electron chi connectivity index (χ2n) is 3.74. The van der Waals surface area contributed by atoms with Crippen molar-refractivity contribution in [3.8, 4) is 0 Å². The predicted octanol–water partition coefficient (Wildman–Crippen LogP) is -2.26. The van der Waals surface area contributed by atoms with Crippen LogP contribution in [0, 0.1) is 0 Å². The maximum atomic E-state index is 11.6. The first-order chi connectivity index (χ1) is 8.92. The number of aliphatic hydroxyl groups is 1. The Bertz CT molecular complexity index is 326. The summed E-state index contributed by atoms with van der Waals surface area (Å²) in [4.78, 5) is 33.3. The average Bonchev–Trinajstić information content (AvgIpc) is 2.38. The first-order valence-corrected chi connectivity index (χ1v) is 6.97. The fourth-order valence-electron chi connectivity index (χ4n) is 1.13. The number of aliphatic carboxylic acids is 1. The minimum atomic E-state index is -1.21. The van der Waals surface area contributed by atoms with Gasteiger partial charge in [-0.3, -0.25) is 14.4 Å². The van der Waals surface area contributed by atoms with Crippen LogP contribution >= 0.6 is 11.8 Å². The number of nitrogens with one attached hydrogen (secondary N) is 2. The average molecular weight is 293 g/mol. The van der Waals surface area contributed by atoms with E-state index in [0.29, 0.717) is 12.2 Å². The van der Waals surface area contributed by atoms with Crippen molar-refractivity contribution in [3.05, 3.63) is 0 Å². The highest BCUT2D eigenvalue weighted by Gasteiger charge is 2.23. The number of thioether (sulfide) groups is 1. The highest BCUT2D eigenvalue weighted by Crippen LogP contribution is 1.99. The predicted molar refractivity (Wildman–Crippen MR) is 70.6 cm³/mol. The smallest absolute Gasteiger partial charge is 0.322 e. The molecule has 19 heavy (non-hydrogen) atoms. The molecule has 0 aromatic carbocycles. The van der Waals surface area contributed by atoms with Crippen molar-refractivity contribution in [2.75, 3.05) is 25.2 Å². The third-order valence-electron chi connectivity index (χ3n) is 2.20. The zero-order chi connectivity index (χ0) is 14.8. The number of rotatable bonds is 9. The van der Waals surface area contributed by atoms with Crippen LogP contribution in [0.5, 0.6) is 0 Å². The molecular formula is C10H19N3O5S. The number of carbonyl (C=O) groups excluding carboxylic acids is 2. The van der Waals surface area contributed by atoms with Crippen molar-refractivity contribution in [2.45, 2.75) is 18.5 Å². The molecule has 6 N–H and O–H groups in total. The van der Waals surface area contributed by atoms with Gasteiger partial charge in [-0.2, -0.15) is 11.8 Å². The highest BCUT2D eigenvalue weighted by atomic mass is 32.2. The van der Waals surface area contributed by atoms with E-state index >= 15 is 0 Å². The van der Waals surface area contributed by atoms with Crippen LogP contribution in [0.3, 0.4) is 0 Å². The lowest BCUT2D eigenvalue weighted by atomic mass is 10.2. The number of nitrogens with two attached hydrogens (primary N) is 1. The molecule has 0 spiro atoms. The largest absolute Gasteiger partial charge is 0.480 e. The van der Waals surface area contributed by atoms with E-state index in [1.165, 1.54) is 11.8 Å². The molecule has 0 aromatic heterocycles. The number of hydrogen-bond donors (Lipinski definition) is 5. The van der Waals surface area contributed by atoms with E-state index in [9.17, 15) is 14.4 Å². The number of hydrogen-bond acceptors (Lipinski definition) is 6. The van der Waals surface area contributed by atoms with Gasteiger partial charge in [0.25, 0.3) is 0 Å². The van der Waals surface area contributed by atoms with Crippen LogP contribution in [0.1, 0.15) is 6.42 Å². The Kier molecular flexibility index (Phi) is 8.92. The van der Waals surface area contributed by atoms with Gasteiger partial charge in [0.1, 0.15) is 12.6 Å². The van der Waals surface area contributed by atoms with Crippen LogP contribution in [-0.2, 0) is 14.4 Å². The van der Waals surface area contributed by atoms with E-state index in [2.05, 4.69) is 10.6 Å². The first kappa shape index (κ1) is 17.7. The molecule has 0 aliphatic rings. The molecule has 0 heterocycles. The molecule has 2 atom stereocenters.